The summed E-state index contributed by atoms with van der Waals surface area (Å²) in [6, 6.07) is 5.60. The summed E-state index contributed by atoms with van der Waals surface area (Å²) in [5.74, 6) is 0.127. The Labute approximate surface area is 117 Å². The zero-order valence-corrected chi connectivity index (χ0v) is 11.8. The second-order valence-electron chi connectivity index (χ2n) is 4.65. The van der Waals surface area contributed by atoms with E-state index in [9.17, 15) is 4.79 Å². The second kappa shape index (κ2) is 5.91. The van der Waals surface area contributed by atoms with Crippen LogP contribution in [0.15, 0.2) is 18.2 Å². The molecular weight excluding hydrogens is 271 g/mol. The fourth-order valence-corrected chi connectivity index (χ4v) is 2.73. The number of rotatable bonds is 2. The molecule has 1 aliphatic heterocycles. The molecule has 2 rings (SSSR count). The van der Waals surface area contributed by atoms with Crippen LogP contribution in [0, 0.1) is 0 Å². The van der Waals surface area contributed by atoms with Gasteiger partial charge in [-0.25, -0.2) is 0 Å². The van der Waals surface area contributed by atoms with Crippen molar-refractivity contribution in [3.8, 4) is 0 Å². The normalized spacial score (nSPS) is 19.9. The number of amides is 1. The molecule has 0 bridgehead atoms. The van der Waals surface area contributed by atoms with E-state index in [1.165, 1.54) is 0 Å². The third-order valence-electron chi connectivity index (χ3n) is 3.00. The third-order valence-corrected chi connectivity index (χ3v) is 3.44. The fraction of sp³-hybridized carbons (Fsp3) is 0.462. The molecule has 1 amide bonds. The maximum atomic E-state index is 12.1. The fourth-order valence-electron chi connectivity index (χ4n) is 2.16. The Balaban J connectivity index is 2.02. The lowest BCUT2D eigenvalue weighted by Gasteiger charge is -2.32. The number of nitrogens with one attached hydrogen (secondary N) is 1. The zero-order valence-electron chi connectivity index (χ0n) is 10.2. The third kappa shape index (κ3) is 3.61. The second-order valence-corrected chi connectivity index (χ2v) is 5.52. The molecule has 1 saturated heterocycles. The van der Waals surface area contributed by atoms with E-state index >= 15 is 0 Å². The minimum atomic E-state index is 0.127. The molecule has 1 aliphatic rings. The first kappa shape index (κ1) is 13.7. The van der Waals surface area contributed by atoms with Crippen LogP contribution in [0.25, 0.3) is 0 Å². The number of hydrogen-bond acceptors (Lipinski definition) is 2. The first-order chi connectivity index (χ1) is 8.54. The van der Waals surface area contributed by atoms with E-state index in [-0.39, 0.29) is 5.91 Å². The Bertz CT molecular complexity index is 430. The molecule has 1 unspecified atom stereocenters. The zero-order chi connectivity index (χ0) is 13.1. The van der Waals surface area contributed by atoms with Crippen molar-refractivity contribution in [1.82, 2.24) is 10.2 Å². The molecule has 1 fully saturated rings. The molecule has 0 aromatic heterocycles. The van der Waals surface area contributed by atoms with Gasteiger partial charge in [0.2, 0.25) is 5.91 Å². The molecule has 1 aromatic carbocycles. The van der Waals surface area contributed by atoms with Crippen LogP contribution in [0.4, 0.5) is 0 Å². The van der Waals surface area contributed by atoms with Gasteiger partial charge in [-0.3, -0.25) is 4.79 Å². The number of nitrogens with zero attached hydrogens (tertiary/aromatic N) is 1. The van der Waals surface area contributed by atoms with Crippen LogP contribution in [-0.2, 0) is 11.2 Å². The quantitative estimate of drug-likeness (QED) is 0.905. The van der Waals surface area contributed by atoms with Crippen molar-refractivity contribution in [2.45, 2.75) is 19.4 Å². The lowest BCUT2D eigenvalue weighted by atomic mass is 10.1. The van der Waals surface area contributed by atoms with Gasteiger partial charge in [-0.05, 0) is 30.7 Å². The van der Waals surface area contributed by atoms with Crippen LogP contribution in [-0.4, -0.2) is 36.5 Å². The predicted octanol–water partition coefficient (Wildman–Crippen LogP) is 2.36. The minimum Gasteiger partial charge on any atom is -0.340 e. The highest BCUT2D eigenvalue weighted by atomic mass is 35.5. The van der Waals surface area contributed by atoms with Crippen molar-refractivity contribution in [2.24, 2.45) is 0 Å². The highest BCUT2D eigenvalue weighted by Gasteiger charge is 2.20. The van der Waals surface area contributed by atoms with E-state index in [2.05, 4.69) is 12.2 Å². The molecule has 0 spiro atoms. The molecule has 1 N–H and O–H groups in total. The van der Waals surface area contributed by atoms with E-state index in [1.54, 1.807) is 18.2 Å². The van der Waals surface area contributed by atoms with Crippen LogP contribution >= 0.6 is 23.2 Å². The van der Waals surface area contributed by atoms with Gasteiger partial charge in [-0.2, -0.15) is 0 Å². The van der Waals surface area contributed by atoms with Crippen molar-refractivity contribution in [1.29, 1.82) is 0 Å². The summed E-state index contributed by atoms with van der Waals surface area (Å²) in [4.78, 5) is 14.0. The number of benzene rings is 1. The molecule has 0 saturated carbocycles. The van der Waals surface area contributed by atoms with Gasteiger partial charge in [0.05, 0.1) is 6.42 Å². The minimum absolute atomic E-state index is 0.127. The molecule has 0 aliphatic carbocycles. The maximum Gasteiger partial charge on any atom is 0.227 e. The SMILES string of the molecule is CC1CN(C(=O)Cc2cc(Cl)cc(Cl)c2)CCN1. The van der Waals surface area contributed by atoms with Crippen LogP contribution in [0.2, 0.25) is 10.0 Å². The van der Waals surface area contributed by atoms with Crippen LogP contribution in [0.1, 0.15) is 12.5 Å². The standard InChI is InChI=1S/C13H16Cl2N2O/c1-9-8-17(3-2-16-9)13(18)6-10-4-11(14)7-12(15)5-10/h4-5,7,9,16H,2-3,6,8H2,1H3. The van der Waals surface area contributed by atoms with E-state index in [1.807, 2.05) is 4.90 Å². The number of hydrogen-bond donors (Lipinski definition) is 1. The Kier molecular flexibility index (Phi) is 4.49. The van der Waals surface area contributed by atoms with Gasteiger partial charge in [0.15, 0.2) is 0 Å². The molecule has 0 radical (unpaired) electrons. The lowest BCUT2D eigenvalue weighted by Crippen LogP contribution is -2.51. The van der Waals surface area contributed by atoms with E-state index in [0.29, 0.717) is 22.5 Å². The lowest BCUT2D eigenvalue weighted by molar-refractivity contribution is -0.131. The molecule has 1 atom stereocenters. The average molecular weight is 287 g/mol. The summed E-state index contributed by atoms with van der Waals surface area (Å²) >= 11 is 11.8. The topological polar surface area (TPSA) is 32.3 Å². The van der Waals surface area contributed by atoms with Crippen molar-refractivity contribution in [3.63, 3.8) is 0 Å². The monoisotopic (exact) mass is 286 g/mol. The maximum absolute atomic E-state index is 12.1. The molecule has 18 heavy (non-hydrogen) atoms. The van der Waals surface area contributed by atoms with Crippen LogP contribution < -0.4 is 5.32 Å². The smallest absolute Gasteiger partial charge is 0.227 e. The Morgan fingerprint density at radius 2 is 2.06 bits per heavy atom. The number of piperazine rings is 1. The van der Waals surface area contributed by atoms with Gasteiger partial charge >= 0.3 is 0 Å². The van der Waals surface area contributed by atoms with Crippen molar-refractivity contribution in [2.75, 3.05) is 19.6 Å². The summed E-state index contributed by atoms with van der Waals surface area (Å²) in [5, 5.41) is 4.45. The molecule has 5 heteroatoms. The largest absolute Gasteiger partial charge is 0.340 e. The van der Waals surface area contributed by atoms with Crippen molar-refractivity contribution in [3.05, 3.63) is 33.8 Å². The summed E-state index contributed by atoms with van der Waals surface area (Å²) in [7, 11) is 0. The van der Waals surface area contributed by atoms with Crippen molar-refractivity contribution < 1.29 is 4.79 Å². The van der Waals surface area contributed by atoms with Gasteiger partial charge < -0.3 is 10.2 Å². The summed E-state index contributed by atoms with van der Waals surface area (Å²) < 4.78 is 0. The summed E-state index contributed by atoms with van der Waals surface area (Å²) in [5.41, 5.74) is 0.865. The van der Waals surface area contributed by atoms with Gasteiger partial charge in [0.25, 0.3) is 0 Å². The first-order valence-corrected chi connectivity index (χ1v) is 6.76. The van der Waals surface area contributed by atoms with E-state index < -0.39 is 0 Å². The molecular formula is C13H16Cl2N2O. The Morgan fingerprint density at radius 3 is 2.67 bits per heavy atom. The highest BCUT2D eigenvalue weighted by molar-refractivity contribution is 6.34. The summed E-state index contributed by atoms with van der Waals surface area (Å²) in [6.45, 7) is 4.45. The molecule has 1 aromatic rings. The number of carbonyl (C=O) groups excluding carboxylic acids is 1. The Hall–Kier alpha value is -0.770. The average Bonchev–Trinajstić information content (AvgIpc) is 2.27. The van der Waals surface area contributed by atoms with E-state index in [4.69, 9.17) is 23.2 Å². The van der Waals surface area contributed by atoms with Gasteiger partial charge in [-0.15, -0.1) is 0 Å². The Morgan fingerprint density at radius 1 is 1.39 bits per heavy atom. The molecule has 3 nitrogen and oxygen atoms in total. The van der Waals surface area contributed by atoms with Gasteiger partial charge in [0.1, 0.15) is 0 Å². The van der Waals surface area contributed by atoms with E-state index in [0.717, 1.165) is 25.2 Å². The number of carbonyl (C=O) groups is 1. The molecule has 1 heterocycles. The van der Waals surface area contributed by atoms with Gasteiger partial charge in [0, 0.05) is 35.7 Å². The molecule has 98 valence electrons. The predicted molar refractivity (Wildman–Crippen MR) is 74.2 cm³/mol. The highest BCUT2D eigenvalue weighted by Crippen LogP contribution is 2.20. The summed E-state index contributed by atoms with van der Waals surface area (Å²) in [6.07, 6.45) is 0.354. The van der Waals surface area contributed by atoms with Gasteiger partial charge in [-0.1, -0.05) is 23.2 Å². The number of halogens is 2. The van der Waals surface area contributed by atoms with Crippen LogP contribution in [0.5, 0.6) is 0 Å². The first-order valence-electron chi connectivity index (χ1n) is 6.01. The van der Waals surface area contributed by atoms with Crippen LogP contribution in [0.3, 0.4) is 0 Å². The van der Waals surface area contributed by atoms with Crippen molar-refractivity contribution >= 4 is 29.1 Å².